The van der Waals surface area contributed by atoms with Crippen molar-refractivity contribution >= 4 is 87.2 Å². The Morgan fingerprint density at radius 1 is 0.339 bits per heavy atom. The molecule has 0 aliphatic carbocycles. The number of aromatic nitrogens is 4. The van der Waals surface area contributed by atoms with Crippen molar-refractivity contribution in [1.29, 1.82) is 0 Å². The molecule has 0 radical (unpaired) electrons. The molecule has 0 amide bonds. The maximum absolute atomic E-state index is 6.73. The number of hydrogen-bond acceptors (Lipinski definition) is 5. The molecule has 0 unspecified atom stereocenters. The maximum Gasteiger partial charge on any atom is 0.164 e. The summed E-state index contributed by atoms with van der Waals surface area (Å²) in [6, 6.07) is 63.4. The molecule has 4 heterocycles. The van der Waals surface area contributed by atoms with Crippen LogP contribution in [0.1, 0.15) is 0 Å². The molecular formula is C53H30N4O2. The molecule has 0 bridgehead atoms. The monoisotopic (exact) mass is 754 g/mol. The SMILES string of the molecule is c1ccc(-c2nc(-c3ccc4oc5ccccc5c4c3)nc(-c3cccc4oc5cc(-n6c7cc8ccccc8cc7c7cc8ccccc8cc76)ccc5c34)n2)cc1. The molecule has 6 nitrogen and oxygen atoms in total. The highest BCUT2D eigenvalue weighted by Crippen LogP contribution is 2.41. The van der Waals surface area contributed by atoms with E-state index < -0.39 is 0 Å². The number of hydrogen-bond donors (Lipinski definition) is 0. The molecule has 0 fully saturated rings. The van der Waals surface area contributed by atoms with Crippen LogP contribution >= 0.6 is 0 Å². The Morgan fingerprint density at radius 2 is 0.932 bits per heavy atom. The Hall–Kier alpha value is -8.09. The van der Waals surface area contributed by atoms with Crippen molar-refractivity contribution in [1.82, 2.24) is 19.5 Å². The van der Waals surface area contributed by atoms with E-state index in [9.17, 15) is 0 Å². The average molecular weight is 755 g/mol. The van der Waals surface area contributed by atoms with Gasteiger partial charge < -0.3 is 13.4 Å². The second-order valence-corrected chi connectivity index (χ2v) is 15.2. The van der Waals surface area contributed by atoms with Crippen molar-refractivity contribution in [2.75, 3.05) is 0 Å². The first-order valence-corrected chi connectivity index (χ1v) is 19.8. The molecule has 59 heavy (non-hydrogen) atoms. The summed E-state index contributed by atoms with van der Waals surface area (Å²) in [6.45, 7) is 0. The van der Waals surface area contributed by atoms with Gasteiger partial charge in [0, 0.05) is 60.8 Å². The van der Waals surface area contributed by atoms with Crippen LogP contribution in [0.4, 0.5) is 0 Å². The van der Waals surface area contributed by atoms with Crippen molar-refractivity contribution < 1.29 is 8.83 Å². The maximum atomic E-state index is 6.73. The lowest BCUT2D eigenvalue weighted by Crippen LogP contribution is -2.00. The first kappa shape index (κ1) is 32.0. The zero-order chi connectivity index (χ0) is 38.6. The Morgan fingerprint density at radius 3 is 1.68 bits per heavy atom. The topological polar surface area (TPSA) is 69.9 Å². The Kier molecular flexibility index (Phi) is 6.63. The first-order valence-electron chi connectivity index (χ1n) is 19.8. The van der Waals surface area contributed by atoms with Gasteiger partial charge in [-0.05, 0) is 88.3 Å². The van der Waals surface area contributed by atoms with E-state index >= 15 is 0 Å². The van der Waals surface area contributed by atoms with Gasteiger partial charge in [0.25, 0.3) is 0 Å². The molecule has 13 aromatic rings. The third-order valence-electron chi connectivity index (χ3n) is 11.8. The smallest absolute Gasteiger partial charge is 0.164 e. The highest BCUT2D eigenvalue weighted by molar-refractivity contribution is 6.17. The first-order chi connectivity index (χ1) is 29.2. The van der Waals surface area contributed by atoms with E-state index in [1.54, 1.807) is 0 Å². The van der Waals surface area contributed by atoms with Crippen molar-refractivity contribution in [2.45, 2.75) is 0 Å². The summed E-state index contributed by atoms with van der Waals surface area (Å²) in [4.78, 5) is 15.4. The lowest BCUT2D eigenvalue weighted by Gasteiger charge is -2.10. The van der Waals surface area contributed by atoms with Crippen LogP contribution in [0.2, 0.25) is 0 Å². The molecule has 0 spiro atoms. The fraction of sp³-hybridized carbons (Fsp3) is 0. The summed E-state index contributed by atoms with van der Waals surface area (Å²) in [6.07, 6.45) is 0. The molecule has 0 aliphatic rings. The van der Waals surface area contributed by atoms with Crippen molar-refractivity contribution in [3.63, 3.8) is 0 Å². The summed E-state index contributed by atoms with van der Waals surface area (Å²) < 4.78 is 15.3. The van der Waals surface area contributed by atoms with Gasteiger partial charge >= 0.3 is 0 Å². The predicted molar refractivity (Wildman–Crippen MR) is 240 cm³/mol. The average Bonchev–Trinajstić information content (AvgIpc) is 3.96. The molecule has 0 saturated carbocycles. The van der Waals surface area contributed by atoms with E-state index in [2.05, 4.69) is 114 Å². The number of furan rings is 2. The van der Waals surface area contributed by atoms with Crippen LogP contribution in [-0.4, -0.2) is 19.5 Å². The van der Waals surface area contributed by atoms with Crippen LogP contribution in [-0.2, 0) is 0 Å². The Balaban J connectivity index is 1.02. The van der Waals surface area contributed by atoms with Crippen LogP contribution < -0.4 is 0 Å². The minimum absolute atomic E-state index is 0.574. The van der Waals surface area contributed by atoms with E-state index in [1.807, 2.05) is 72.8 Å². The van der Waals surface area contributed by atoms with Crippen molar-refractivity contribution in [3.8, 4) is 39.9 Å². The van der Waals surface area contributed by atoms with Gasteiger partial charge in [0.2, 0.25) is 0 Å². The normalized spacial score (nSPS) is 12.1. The minimum atomic E-state index is 0.574. The molecular weight excluding hydrogens is 725 g/mol. The van der Waals surface area contributed by atoms with Gasteiger partial charge in [0.05, 0.1) is 11.0 Å². The third-order valence-corrected chi connectivity index (χ3v) is 11.8. The molecule has 13 rings (SSSR count). The van der Waals surface area contributed by atoms with E-state index in [0.29, 0.717) is 17.5 Å². The van der Waals surface area contributed by atoms with E-state index in [4.69, 9.17) is 23.8 Å². The zero-order valence-electron chi connectivity index (χ0n) is 31.4. The van der Waals surface area contributed by atoms with E-state index in [1.165, 1.54) is 32.3 Å². The molecule has 9 aromatic carbocycles. The number of nitrogens with zero attached hydrogens (tertiary/aromatic N) is 4. The number of fused-ring (bicyclic) bond motifs is 11. The molecule has 0 aliphatic heterocycles. The summed E-state index contributed by atoms with van der Waals surface area (Å²) in [5.41, 5.74) is 9.22. The summed E-state index contributed by atoms with van der Waals surface area (Å²) in [5.74, 6) is 1.75. The summed E-state index contributed by atoms with van der Waals surface area (Å²) in [5, 5.41) is 11.3. The fourth-order valence-corrected chi connectivity index (χ4v) is 9.01. The molecule has 0 saturated heterocycles. The van der Waals surface area contributed by atoms with Gasteiger partial charge in [-0.1, -0.05) is 109 Å². The van der Waals surface area contributed by atoms with Gasteiger partial charge in [-0.15, -0.1) is 0 Å². The lowest BCUT2D eigenvalue weighted by atomic mass is 10.0. The molecule has 274 valence electrons. The lowest BCUT2D eigenvalue weighted by molar-refractivity contribution is 0.668. The Labute approximate surface area is 336 Å². The number of para-hydroxylation sites is 1. The second-order valence-electron chi connectivity index (χ2n) is 15.2. The van der Waals surface area contributed by atoms with Crippen molar-refractivity contribution in [2.24, 2.45) is 0 Å². The van der Waals surface area contributed by atoms with Crippen LogP contribution in [0, 0.1) is 0 Å². The van der Waals surface area contributed by atoms with Gasteiger partial charge in [0.1, 0.15) is 22.3 Å². The second kappa shape index (κ2) is 12.2. The Bertz CT molecular complexity index is 3760. The van der Waals surface area contributed by atoms with Gasteiger partial charge in [-0.3, -0.25) is 0 Å². The fourth-order valence-electron chi connectivity index (χ4n) is 9.01. The summed E-state index contributed by atoms with van der Waals surface area (Å²) >= 11 is 0. The van der Waals surface area contributed by atoms with Gasteiger partial charge in [-0.25, -0.2) is 15.0 Å². The highest BCUT2D eigenvalue weighted by atomic mass is 16.3. The van der Waals surface area contributed by atoms with Crippen molar-refractivity contribution in [3.05, 3.63) is 182 Å². The molecule has 4 aromatic heterocycles. The van der Waals surface area contributed by atoms with Crippen LogP contribution in [0.15, 0.2) is 191 Å². The highest BCUT2D eigenvalue weighted by Gasteiger charge is 2.21. The molecule has 0 N–H and O–H groups in total. The van der Waals surface area contributed by atoms with Crippen LogP contribution in [0.5, 0.6) is 0 Å². The van der Waals surface area contributed by atoms with Crippen LogP contribution in [0.3, 0.4) is 0 Å². The quantitative estimate of drug-likeness (QED) is 0.179. The number of rotatable bonds is 4. The predicted octanol–water partition coefficient (Wildman–Crippen LogP) is 14.1. The number of benzene rings is 9. The minimum Gasteiger partial charge on any atom is -0.456 e. The van der Waals surface area contributed by atoms with Crippen LogP contribution in [0.25, 0.3) is 127 Å². The van der Waals surface area contributed by atoms with Gasteiger partial charge in [0.15, 0.2) is 17.5 Å². The zero-order valence-corrected chi connectivity index (χ0v) is 31.4. The molecule has 6 heteroatoms. The summed E-state index contributed by atoms with van der Waals surface area (Å²) in [7, 11) is 0. The molecule has 0 atom stereocenters. The van der Waals surface area contributed by atoms with Gasteiger partial charge in [-0.2, -0.15) is 0 Å². The van der Waals surface area contributed by atoms with E-state index in [0.717, 1.165) is 77.3 Å². The third kappa shape index (κ3) is 4.90. The standard InChI is InChI=1S/C53H30N4O2/c1-2-11-31(12-3-1)51-54-52(36-21-24-47-43(27-36)38-17-8-9-19-46(38)58-47)56-53(55-51)40-18-10-20-48-50(40)39-23-22-37(30-49(39)59-48)57-44-28-34-15-6-4-13-32(34)25-41(44)42-26-33-14-5-7-16-35(33)29-45(42)57/h1-30H. The van der Waals surface area contributed by atoms with E-state index in [-0.39, 0.29) is 0 Å². The largest absolute Gasteiger partial charge is 0.456 e.